The molecule has 4 nitrogen and oxygen atoms in total. The Morgan fingerprint density at radius 1 is 1.10 bits per heavy atom. The van der Waals surface area contributed by atoms with E-state index in [1.165, 1.54) is 51.6 Å². The van der Waals surface area contributed by atoms with Gasteiger partial charge in [0.1, 0.15) is 0 Å². The van der Waals surface area contributed by atoms with Gasteiger partial charge in [-0.05, 0) is 57.5 Å². The molecule has 0 bridgehead atoms. The molecule has 0 aromatic heterocycles. The van der Waals surface area contributed by atoms with Gasteiger partial charge < -0.3 is 14.8 Å². The number of ether oxygens (including phenoxy) is 2. The highest BCUT2D eigenvalue weighted by Crippen LogP contribution is 2.45. The summed E-state index contributed by atoms with van der Waals surface area (Å²) in [5.41, 5.74) is 0.315. The van der Waals surface area contributed by atoms with Gasteiger partial charge in [-0.1, -0.05) is 0 Å². The van der Waals surface area contributed by atoms with Gasteiger partial charge in [0.15, 0.2) is 0 Å². The summed E-state index contributed by atoms with van der Waals surface area (Å²) < 4.78 is 11.9. The van der Waals surface area contributed by atoms with E-state index in [-0.39, 0.29) is 0 Å². The topological polar surface area (TPSA) is 33.7 Å². The minimum absolute atomic E-state index is 0.315. The fraction of sp³-hybridized carbons (Fsp3) is 1.00. The zero-order valence-electron chi connectivity index (χ0n) is 12.5. The van der Waals surface area contributed by atoms with Crippen molar-refractivity contribution < 1.29 is 9.47 Å². The molecule has 1 saturated carbocycles. The molecule has 1 unspecified atom stereocenters. The van der Waals surface area contributed by atoms with E-state index in [0.29, 0.717) is 11.6 Å². The molecule has 20 heavy (non-hydrogen) atoms. The first-order chi connectivity index (χ1) is 9.88. The summed E-state index contributed by atoms with van der Waals surface area (Å²) in [5.74, 6) is 0.875. The Kier molecular flexibility index (Phi) is 3.75. The van der Waals surface area contributed by atoms with Gasteiger partial charge >= 0.3 is 0 Å². The van der Waals surface area contributed by atoms with E-state index in [9.17, 15) is 0 Å². The number of hydrogen-bond donors (Lipinski definition) is 1. The van der Waals surface area contributed by atoms with Crippen LogP contribution in [0.15, 0.2) is 0 Å². The second-order valence-corrected chi connectivity index (χ2v) is 7.11. The number of piperidine rings is 1. The number of hydrogen-bond acceptors (Lipinski definition) is 4. The van der Waals surface area contributed by atoms with Gasteiger partial charge in [0, 0.05) is 32.4 Å². The molecule has 0 amide bonds. The van der Waals surface area contributed by atoms with Crippen LogP contribution in [0.5, 0.6) is 0 Å². The van der Waals surface area contributed by atoms with E-state index in [2.05, 4.69) is 10.2 Å². The number of rotatable bonds is 4. The summed E-state index contributed by atoms with van der Waals surface area (Å²) >= 11 is 0. The summed E-state index contributed by atoms with van der Waals surface area (Å²) in [4.78, 5) is 2.79. The van der Waals surface area contributed by atoms with Crippen LogP contribution < -0.4 is 5.32 Å². The molecule has 114 valence electrons. The number of nitrogens with zero attached hydrogens (tertiary/aromatic N) is 1. The maximum Gasteiger partial charge on any atom is 0.0887 e. The largest absolute Gasteiger partial charge is 0.381 e. The fourth-order valence-electron chi connectivity index (χ4n) is 4.31. The van der Waals surface area contributed by atoms with Crippen LogP contribution in [0.2, 0.25) is 0 Å². The average Bonchev–Trinajstić information content (AvgIpc) is 3.32. The van der Waals surface area contributed by atoms with E-state index < -0.39 is 0 Å². The Hall–Kier alpha value is -0.160. The molecule has 4 rings (SSSR count). The third-order valence-corrected chi connectivity index (χ3v) is 5.87. The van der Waals surface area contributed by atoms with Crippen molar-refractivity contribution >= 4 is 0 Å². The Morgan fingerprint density at radius 2 is 1.85 bits per heavy atom. The molecule has 4 heteroatoms. The first-order valence-corrected chi connectivity index (χ1v) is 8.55. The van der Waals surface area contributed by atoms with Gasteiger partial charge in [-0.2, -0.15) is 0 Å². The van der Waals surface area contributed by atoms with E-state index >= 15 is 0 Å². The standard InChI is InChI=1S/C16H28N2O2/c1-2-13(1)12-20-15-11-18(14-3-7-17-8-4-14)16(15)5-9-19-10-6-16/h13-15,17H,1-12H2. The molecule has 4 aliphatic rings. The van der Waals surface area contributed by atoms with Crippen LogP contribution >= 0.6 is 0 Å². The van der Waals surface area contributed by atoms with Crippen LogP contribution in [0.4, 0.5) is 0 Å². The molecule has 4 fully saturated rings. The van der Waals surface area contributed by atoms with Crippen molar-refractivity contribution in [2.75, 3.05) is 39.5 Å². The Labute approximate surface area is 122 Å². The van der Waals surface area contributed by atoms with Crippen molar-refractivity contribution in [3.8, 4) is 0 Å². The Morgan fingerprint density at radius 3 is 2.55 bits per heavy atom. The minimum Gasteiger partial charge on any atom is -0.381 e. The molecule has 0 aromatic carbocycles. The summed E-state index contributed by atoms with van der Waals surface area (Å²) in [6.07, 6.45) is 8.21. The predicted octanol–water partition coefficient (Wildman–Crippen LogP) is 1.40. The van der Waals surface area contributed by atoms with E-state index in [0.717, 1.165) is 38.3 Å². The third kappa shape index (κ3) is 2.41. The van der Waals surface area contributed by atoms with Crippen molar-refractivity contribution in [2.45, 2.75) is 56.2 Å². The summed E-state index contributed by atoms with van der Waals surface area (Å²) in [6.45, 7) is 6.38. The lowest BCUT2D eigenvalue weighted by Crippen LogP contribution is -2.75. The van der Waals surface area contributed by atoms with Crippen molar-refractivity contribution in [3.63, 3.8) is 0 Å². The predicted molar refractivity (Wildman–Crippen MR) is 77.8 cm³/mol. The van der Waals surface area contributed by atoms with Gasteiger partial charge in [-0.3, -0.25) is 4.90 Å². The lowest BCUT2D eigenvalue weighted by atomic mass is 9.73. The second-order valence-electron chi connectivity index (χ2n) is 7.11. The van der Waals surface area contributed by atoms with Crippen LogP contribution in [-0.2, 0) is 9.47 Å². The highest BCUT2D eigenvalue weighted by molar-refractivity contribution is 5.11. The average molecular weight is 280 g/mol. The lowest BCUT2D eigenvalue weighted by molar-refractivity contribution is -0.216. The monoisotopic (exact) mass is 280 g/mol. The minimum atomic E-state index is 0.315. The maximum atomic E-state index is 6.30. The highest BCUT2D eigenvalue weighted by Gasteiger charge is 2.56. The van der Waals surface area contributed by atoms with E-state index in [4.69, 9.17) is 9.47 Å². The van der Waals surface area contributed by atoms with Gasteiger partial charge in [-0.25, -0.2) is 0 Å². The quantitative estimate of drug-likeness (QED) is 0.844. The fourth-order valence-corrected chi connectivity index (χ4v) is 4.31. The van der Waals surface area contributed by atoms with Crippen LogP contribution in [0.25, 0.3) is 0 Å². The van der Waals surface area contributed by atoms with Crippen LogP contribution in [0, 0.1) is 5.92 Å². The zero-order valence-corrected chi connectivity index (χ0v) is 12.5. The smallest absolute Gasteiger partial charge is 0.0887 e. The SMILES string of the molecule is C1CC(N2CC(OCC3CC3)C23CCOCC3)CCN1. The molecule has 0 aromatic rings. The van der Waals surface area contributed by atoms with Crippen LogP contribution in [0.1, 0.15) is 38.5 Å². The highest BCUT2D eigenvalue weighted by atomic mass is 16.5. The van der Waals surface area contributed by atoms with Gasteiger partial charge in [0.05, 0.1) is 11.6 Å². The molecule has 1 aliphatic carbocycles. The maximum absolute atomic E-state index is 6.30. The van der Waals surface area contributed by atoms with Gasteiger partial charge in [-0.15, -0.1) is 0 Å². The van der Waals surface area contributed by atoms with Crippen LogP contribution in [-0.4, -0.2) is 62.0 Å². The molecule has 0 radical (unpaired) electrons. The zero-order chi connectivity index (χ0) is 13.4. The van der Waals surface area contributed by atoms with Crippen molar-refractivity contribution in [2.24, 2.45) is 5.92 Å². The molecule has 1 N–H and O–H groups in total. The third-order valence-electron chi connectivity index (χ3n) is 5.87. The molecule has 3 saturated heterocycles. The second kappa shape index (κ2) is 5.56. The lowest BCUT2D eigenvalue weighted by Gasteiger charge is -2.63. The van der Waals surface area contributed by atoms with Gasteiger partial charge in [0.25, 0.3) is 0 Å². The van der Waals surface area contributed by atoms with Crippen LogP contribution in [0.3, 0.4) is 0 Å². The Balaban J connectivity index is 1.42. The molecule has 1 spiro atoms. The molecule has 3 aliphatic heterocycles. The molecular weight excluding hydrogens is 252 g/mol. The normalized spacial score (nSPS) is 35.1. The van der Waals surface area contributed by atoms with Gasteiger partial charge in [0.2, 0.25) is 0 Å². The first-order valence-electron chi connectivity index (χ1n) is 8.55. The summed E-state index contributed by atoms with van der Waals surface area (Å²) in [6, 6.07) is 0.773. The van der Waals surface area contributed by atoms with Crippen molar-refractivity contribution in [3.05, 3.63) is 0 Å². The van der Waals surface area contributed by atoms with Crippen molar-refractivity contribution in [1.29, 1.82) is 0 Å². The summed E-state index contributed by atoms with van der Waals surface area (Å²) in [7, 11) is 0. The first kappa shape index (κ1) is 13.5. The Bertz CT molecular complexity index is 333. The molecule has 3 heterocycles. The summed E-state index contributed by atoms with van der Waals surface area (Å²) in [5, 5.41) is 3.49. The molecular formula is C16H28N2O2. The van der Waals surface area contributed by atoms with Crippen molar-refractivity contribution in [1.82, 2.24) is 10.2 Å². The molecule has 1 atom stereocenters. The van der Waals surface area contributed by atoms with E-state index in [1.807, 2.05) is 0 Å². The number of likely N-dealkylation sites (tertiary alicyclic amines) is 1. The number of nitrogens with one attached hydrogen (secondary N) is 1. The van der Waals surface area contributed by atoms with E-state index in [1.54, 1.807) is 0 Å².